The zero-order valence-electron chi connectivity index (χ0n) is 13.4. The van der Waals surface area contributed by atoms with Crippen LogP contribution in [0.1, 0.15) is 5.56 Å². The maximum atomic E-state index is 13.3. The van der Waals surface area contributed by atoms with Crippen molar-refractivity contribution < 1.29 is 8.78 Å². The van der Waals surface area contributed by atoms with Gasteiger partial charge in [0.15, 0.2) is 0 Å². The van der Waals surface area contributed by atoms with Crippen LogP contribution in [0.2, 0.25) is 10.0 Å². The van der Waals surface area contributed by atoms with Gasteiger partial charge >= 0.3 is 0 Å². The molecule has 4 rings (SSSR count). The fourth-order valence-electron chi connectivity index (χ4n) is 2.96. The fraction of sp³-hybridized carbons (Fsp3) is 0.0500. The number of halogens is 4. The van der Waals surface area contributed by atoms with Crippen LogP contribution in [0.3, 0.4) is 0 Å². The standard InChI is InChI=1S/C20H12Cl2F2N2/c21-17-3-1-2-16-19(17)25-26(11-13-6-9-15(24)10-18(13)22)20(16)12-4-7-14(23)8-5-12/h1-10H,11H2. The smallest absolute Gasteiger partial charge is 0.124 e. The van der Waals surface area contributed by atoms with E-state index in [4.69, 9.17) is 23.2 Å². The summed E-state index contributed by atoms with van der Waals surface area (Å²) in [5, 5.41) is 6.30. The Morgan fingerprint density at radius 3 is 2.31 bits per heavy atom. The number of hydrogen-bond donors (Lipinski definition) is 0. The van der Waals surface area contributed by atoms with Gasteiger partial charge in [-0.25, -0.2) is 8.78 Å². The number of fused-ring (bicyclic) bond motifs is 1. The van der Waals surface area contributed by atoms with E-state index < -0.39 is 5.82 Å². The maximum absolute atomic E-state index is 13.3. The van der Waals surface area contributed by atoms with Gasteiger partial charge < -0.3 is 0 Å². The van der Waals surface area contributed by atoms with Crippen LogP contribution >= 0.6 is 23.2 Å². The van der Waals surface area contributed by atoms with Crippen LogP contribution < -0.4 is 0 Å². The van der Waals surface area contributed by atoms with Crippen LogP contribution in [0, 0.1) is 11.6 Å². The van der Waals surface area contributed by atoms with Crippen molar-refractivity contribution in [2.45, 2.75) is 6.54 Å². The first-order chi connectivity index (χ1) is 12.5. The number of rotatable bonds is 3. The largest absolute Gasteiger partial charge is 0.259 e. The zero-order valence-corrected chi connectivity index (χ0v) is 14.9. The van der Waals surface area contributed by atoms with Gasteiger partial charge in [0.1, 0.15) is 17.2 Å². The summed E-state index contributed by atoms with van der Waals surface area (Å²) in [4.78, 5) is 0. The van der Waals surface area contributed by atoms with Gasteiger partial charge in [-0.1, -0.05) is 41.4 Å². The summed E-state index contributed by atoms with van der Waals surface area (Å²) in [7, 11) is 0. The first-order valence-electron chi connectivity index (χ1n) is 7.88. The molecule has 0 aliphatic carbocycles. The second-order valence-electron chi connectivity index (χ2n) is 5.88. The molecule has 0 saturated carbocycles. The van der Waals surface area contributed by atoms with Gasteiger partial charge in [-0.05, 0) is 48.0 Å². The minimum atomic E-state index is -0.397. The molecule has 3 aromatic carbocycles. The summed E-state index contributed by atoms with van der Waals surface area (Å²) < 4.78 is 28.4. The molecule has 130 valence electrons. The predicted octanol–water partition coefficient (Wildman–Crippen LogP) is 6.34. The molecule has 1 aromatic heterocycles. The monoisotopic (exact) mass is 388 g/mol. The van der Waals surface area contributed by atoms with E-state index >= 15 is 0 Å². The Morgan fingerprint density at radius 2 is 1.58 bits per heavy atom. The highest BCUT2D eigenvalue weighted by atomic mass is 35.5. The highest BCUT2D eigenvalue weighted by Crippen LogP contribution is 2.33. The normalized spacial score (nSPS) is 11.2. The minimum absolute atomic E-state index is 0.316. The van der Waals surface area contributed by atoms with Crippen molar-refractivity contribution in [3.8, 4) is 11.3 Å². The van der Waals surface area contributed by atoms with E-state index in [1.54, 1.807) is 28.9 Å². The molecule has 1 heterocycles. The number of benzene rings is 3. The molecular formula is C20H12Cl2F2N2. The van der Waals surface area contributed by atoms with E-state index in [-0.39, 0.29) is 5.82 Å². The summed E-state index contributed by atoms with van der Waals surface area (Å²) in [6.07, 6.45) is 0. The first-order valence-corrected chi connectivity index (χ1v) is 8.63. The molecule has 2 nitrogen and oxygen atoms in total. The lowest BCUT2D eigenvalue weighted by atomic mass is 10.1. The van der Waals surface area contributed by atoms with Gasteiger partial charge in [-0.2, -0.15) is 5.10 Å². The second kappa shape index (κ2) is 6.71. The third-order valence-corrected chi connectivity index (χ3v) is 4.83. The number of hydrogen-bond acceptors (Lipinski definition) is 1. The topological polar surface area (TPSA) is 17.8 Å². The summed E-state index contributed by atoms with van der Waals surface area (Å²) >= 11 is 12.5. The van der Waals surface area contributed by atoms with Crippen LogP contribution in [-0.4, -0.2) is 9.78 Å². The molecule has 0 saturated heterocycles. The van der Waals surface area contributed by atoms with E-state index in [1.807, 2.05) is 12.1 Å². The molecule has 0 bridgehead atoms. The van der Waals surface area contributed by atoms with E-state index in [1.165, 1.54) is 24.3 Å². The van der Waals surface area contributed by atoms with E-state index in [0.717, 1.165) is 22.2 Å². The second-order valence-corrected chi connectivity index (χ2v) is 6.70. The van der Waals surface area contributed by atoms with Crippen molar-refractivity contribution >= 4 is 34.1 Å². The van der Waals surface area contributed by atoms with Gasteiger partial charge in [0.25, 0.3) is 0 Å². The Morgan fingerprint density at radius 1 is 0.846 bits per heavy atom. The molecule has 4 aromatic rings. The number of nitrogens with zero attached hydrogens (tertiary/aromatic N) is 2. The van der Waals surface area contributed by atoms with Crippen LogP contribution in [-0.2, 0) is 6.54 Å². The van der Waals surface area contributed by atoms with Gasteiger partial charge in [0.05, 0.1) is 17.3 Å². The summed E-state index contributed by atoms with van der Waals surface area (Å²) in [6, 6.07) is 15.9. The molecule has 0 aliphatic rings. The van der Waals surface area contributed by atoms with Crippen molar-refractivity contribution in [2.75, 3.05) is 0 Å². The summed E-state index contributed by atoms with van der Waals surface area (Å²) in [5.74, 6) is -0.713. The Kier molecular flexibility index (Phi) is 4.39. The van der Waals surface area contributed by atoms with Crippen molar-refractivity contribution in [3.63, 3.8) is 0 Å². The molecule has 0 spiro atoms. The average Bonchev–Trinajstić information content (AvgIpc) is 2.98. The highest BCUT2D eigenvalue weighted by Gasteiger charge is 2.16. The molecular weight excluding hydrogens is 377 g/mol. The lowest BCUT2D eigenvalue weighted by molar-refractivity contribution is 0.625. The fourth-order valence-corrected chi connectivity index (χ4v) is 3.40. The molecule has 0 unspecified atom stereocenters. The van der Waals surface area contributed by atoms with Crippen molar-refractivity contribution in [3.05, 3.63) is 87.9 Å². The Labute approximate surface area is 158 Å². The molecule has 0 N–H and O–H groups in total. The molecule has 0 radical (unpaired) electrons. The molecule has 0 amide bonds. The molecule has 0 atom stereocenters. The third-order valence-electron chi connectivity index (χ3n) is 4.17. The average molecular weight is 389 g/mol. The molecule has 26 heavy (non-hydrogen) atoms. The molecule has 0 fully saturated rings. The number of aromatic nitrogens is 2. The quantitative estimate of drug-likeness (QED) is 0.400. The first kappa shape index (κ1) is 17.0. The van der Waals surface area contributed by atoms with Crippen LogP contribution in [0.5, 0.6) is 0 Å². The SMILES string of the molecule is Fc1ccc(-c2c3cccc(Cl)c3nn2Cc2ccc(F)cc2Cl)cc1. The van der Waals surface area contributed by atoms with Crippen molar-refractivity contribution in [2.24, 2.45) is 0 Å². The summed E-state index contributed by atoms with van der Waals surface area (Å²) in [5.41, 5.74) is 2.96. The Balaban J connectivity index is 1.92. The van der Waals surface area contributed by atoms with Crippen molar-refractivity contribution in [1.29, 1.82) is 0 Å². The van der Waals surface area contributed by atoms with Crippen molar-refractivity contribution in [1.82, 2.24) is 9.78 Å². The van der Waals surface area contributed by atoms with Gasteiger partial charge in [-0.15, -0.1) is 0 Å². The third kappa shape index (κ3) is 3.06. The van der Waals surface area contributed by atoms with E-state index in [0.29, 0.717) is 22.1 Å². The van der Waals surface area contributed by atoms with E-state index in [9.17, 15) is 8.78 Å². The lowest BCUT2D eigenvalue weighted by Crippen LogP contribution is -2.04. The maximum Gasteiger partial charge on any atom is 0.124 e. The van der Waals surface area contributed by atoms with Gasteiger partial charge in [0, 0.05) is 16.0 Å². The summed E-state index contributed by atoms with van der Waals surface area (Å²) in [6.45, 7) is 0.330. The van der Waals surface area contributed by atoms with Crippen LogP contribution in [0.25, 0.3) is 22.2 Å². The Hall–Kier alpha value is -2.43. The zero-order chi connectivity index (χ0) is 18.3. The Bertz CT molecular complexity index is 1100. The van der Waals surface area contributed by atoms with Crippen LogP contribution in [0.15, 0.2) is 60.7 Å². The lowest BCUT2D eigenvalue weighted by Gasteiger charge is -2.10. The molecule has 0 aliphatic heterocycles. The van der Waals surface area contributed by atoms with Gasteiger partial charge in [-0.3, -0.25) is 4.68 Å². The highest BCUT2D eigenvalue weighted by molar-refractivity contribution is 6.35. The predicted molar refractivity (Wildman–Crippen MR) is 101 cm³/mol. The van der Waals surface area contributed by atoms with Crippen LogP contribution in [0.4, 0.5) is 8.78 Å². The van der Waals surface area contributed by atoms with E-state index in [2.05, 4.69) is 5.10 Å². The minimum Gasteiger partial charge on any atom is -0.259 e. The van der Waals surface area contributed by atoms with Gasteiger partial charge in [0.2, 0.25) is 0 Å². The molecule has 6 heteroatoms.